The van der Waals surface area contributed by atoms with Crippen LogP contribution in [0.4, 0.5) is 4.79 Å². The standard InChI is InChI=1S/C24H39N3O6S/c1-10-15(4)16(12-25-23(31)33-24(5,6)7)21(29)27(8)18(14(2)3)11-19(28)20-26-17(13-34-20)22(30)32-9/h12-16,18-19,28H,10-11H2,1-9H3/t15-,16?,18+,19+/m0/s1. The number of amides is 2. The van der Waals surface area contributed by atoms with Crippen molar-refractivity contribution in [3.63, 3.8) is 0 Å². The smallest absolute Gasteiger partial charge is 0.433 e. The molecule has 1 N–H and O–H groups in total. The van der Waals surface area contributed by atoms with E-state index in [1.807, 2.05) is 27.7 Å². The molecular weight excluding hydrogens is 458 g/mol. The molecule has 1 heterocycles. The molecule has 0 aliphatic heterocycles. The Labute approximate surface area is 206 Å². The van der Waals surface area contributed by atoms with Gasteiger partial charge in [0, 0.05) is 31.1 Å². The van der Waals surface area contributed by atoms with E-state index in [0.29, 0.717) is 5.01 Å². The van der Waals surface area contributed by atoms with E-state index in [2.05, 4.69) is 14.7 Å². The highest BCUT2D eigenvalue weighted by Crippen LogP contribution is 2.28. The Balaban J connectivity index is 3.06. The number of carbonyl (C=O) groups is 3. The number of hydrogen-bond acceptors (Lipinski definition) is 8. The highest BCUT2D eigenvalue weighted by Gasteiger charge is 2.33. The van der Waals surface area contributed by atoms with Crippen LogP contribution in [0.15, 0.2) is 10.4 Å². The molecule has 1 aromatic rings. The molecule has 0 saturated heterocycles. The summed E-state index contributed by atoms with van der Waals surface area (Å²) in [5, 5.41) is 12.7. The van der Waals surface area contributed by atoms with Crippen molar-refractivity contribution in [1.29, 1.82) is 0 Å². The van der Waals surface area contributed by atoms with Gasteiger partial charge < -0.3 is 19.5 Å². The number of aliphatic hydroxyl groups is 1. The molecule has 4 atom stereocenters. The maximum absolute atomic E-state index is 13.5. The zero-order valence-electron chi connectivity index (χ0n) is 21.7. The summed E-state index contributed by atoms with van der Waals surface area (Å²) in [6.07, 6.45) is 0.637. The summed E-state index contributed by atoms with van der Waals surface area (Å²) in [4.78, 5) is 46.9. The van der Waals surface area contributed by atoms with E-state index in [0.717, 1.165) is 6.42 Å². The van der Waals surface area contributed by atoms with Crippen LogP contribution in [0, 0.1) is 17.8 Å². The van der Waals surface area contributed by atoms with Crippen LogP contribution in [0.25, 0.3) is 0 Å². The predicted octanol–water partition coefficient (Wildman–Crippen LogP) is 4.50. The zero-order valence-corrected chi connectivity index (χ0v) is 22.5. The summed E-state index contributed by atoms with van der Waals surface area (Å²) in [5.41, 5.74) is -0.536. The average Bonchev–Trinajstić information content (AvgIpc) is 3.25. The van der Waals surface area contributed by atoms with Crippen molar-refractivity contribution in [2.45, 2.75) is 79.1 Å². The predicted molar refractivity (Wildman–Crippen MR) is 132 cm³/mol. The number of methoxy groups -OCH3 is 1. The van der Waals surface area contributed by atoms with Crippen LogP contribution in [0.2, 0.25) is 0 Å². The van der Waals surface area contributed by atoms with Gasteiger partial charge in [0.05, 0.1) is 13.0 Å². The Bertz CT molecular complexity index is 861. The summed E-state index contributed by atoms with van der Waals surface area (Å²) in [6.45, 7) is 13.1. The lowest BCUT2D eigenvalue weighted by atomic mass is 9.89. The number of aliphatic hydroxyl groups excluding tert-OH is 1. The topological polar surface area (TPSA) is 118 Å². The van der Waals surface area contributed by atoms with Crippen molar-refractivity contribution >= 4 is 35.5 Å². The van der Waals surface area contributed by atoms with Crippen LogP contribution < -0.4 is 0 Å². The number of thiazole rings is 1. The molecule has 1 rings (SSSR count). The summed E-state index contributed by atoms with van der Waals surface area (Å²) in [7, 11) is 2.96. The first-order valence-electron chi connectivity index (χ1n) is 11.5. The van der Waals surface area contributed by atoms with E-state index in [9.17, 15) is 19.5 Å². The van der Waals surface area contributed by atoms with E-state index in [4.69, 9.17) is 4.74 Å². The lowest BCUT2D eigenvalue weighted by Crippen LogP contribution is -2.46. The molecule has 10 heteroatoms. The normalized spacial score (nSPS) is 15.6. The second-order valence-corrected chi connectivity index (χ2v) is 10.6. The van der Waals surface area contributed by atoms with Crippen LogP contribution in [0.5, 0.6) is 0 Å². The molecule has 0 aliphatic rings. The van der Waals surface area contributed by atoms with Crippen LogP contribution in [-0.4, -0.2) is 65.0 Å². The Morgan fingerprint density at radius 3 is 2.38 bits per heavy atom. The number of aliphatic imine (C=N–C) groups is 1. The number of hydrogen-bond donors (Lipinski definition) is 1. The molecule has 192 valence electrons. The van der Waals surface area contributed by atoms with Crippen LogP contribution in [-0.2, 0) is 14.3 Å². The molecule has 1 aromatic heterocycles. The number of rotatable bonds is 10. The first-order chi connectivity index (χ1) is 15.7. The van der Waals surface area contributed by atoms with E-state index in [1.165, 1.54) is 30.0 Å². The van der Waals surface area contributed by atoms with Gasteiger partial charge in [0.2, 0.25) is 5.91 Å². The van der Waals surface area contributed by atoms with Gasteiger partial charge >= 0.3 is 12.1 Å². The maximum Gasteiger partial charge on any atom is 0.433 e. The molecule has 0 aromatic carbocycles. The molecule has 0 radical (unpaired) electrons. The number of esters is 1. The first-order valence-corrected chi connectivity index (χ1v) is 12.3. The number of carbonyl (C=O) groups excluding carboxylic acids is 3. The van der Waals surface area contributed by atoms with Crippen molar-refractivity contribution in [2.75, 3.05) is 14.2 Å². The van der Waals surface area contributed by atoms with Gasteiger partial charge in [-0.2, -0.15) is 4.99 Å². The quantitative estimate of drug-likeness (QED) is 0.373. The first kappa shape index (κ1) is 29.7. The monoisotopic (exact) mass is 497 g/mol. The lowest BCUT2D eigenvalue weighted by Gasteiger charge is -2.35. The fraction of sp³-hybridized carbons (Fsp3) is 0.708. The second kappa shape index (κ2) is 12.9. The van der Waals surface area contributed by atoms with Crippen molar-refractivity contribution in [3.8, 4) is 0 Å². The zero-order chi connectivity index (χ0) is 26.2. The van der Waals surface area contributed by atoms with Crippen LogP contribution >= 0.6 is 11.3 Å². The summed E-state index contributed by atoms with van der Waals surface area (Å²) in [6, 6.07) is -0.311. The molecule has 0 bridgehead atoms. The van der Waals surface area contributed by atoms with Crippen molar-refractivity contribution in [2.24, 2.45) is 22.7 Å². The van der Waals surface area contributed by atoms with E-state index in [1.54, 1.807) is 32.7 Å². The van der Waals surface area contributed by atoms with Gasteiger partial charge in [-0.05, 0) is 32.6 Å². The molecule has 0 spiro atoms. The Morgan fingerprint density at radius 1 is 1.26 bits per heavy atom. The van der Waals surface area contributed by atoms with Gasteiger partial charge in [0.25, 0.3) is 0 Å². The summed E-state index contributed by atoms with van der Waals surface area (Å²) >= 11 is 1.17. The number of nitrogens with zero attached hydrogens (tertiary/aromatic N) is 3. The summed E-state index contributed by atoms with van der Waals surface area (Å²) < 4.78 is 9.89. The van der Waals surface area contributed by atoms with Crippen molar-refractivity contribution in [3.05, 3.63) is 16.1 Å². The third kappa shape index (κ3) is 8.79. The Hall–Kier alpha value is -2.33. The van der Waals surface area contributed by atoms with Crippen molar-refractivity contribution < 1.29 is 29.0 Å². The molecule has 1 unspecified atom stereocenters. The maximum atomic E-state index is 13.5. The van der Waals surface area contributed by atoms with E-state index < -0.39 is 29.7 Å². The minimum atomic E-state index is -0.955. The SMILES string of the molecule is CC[C@H](C)C(C=NC(=O)OC(C)(C)C)C(=O)N(C)[C@H](C[C@@H](O)c1nc(C(=O)OC)cs1)C(C)C. The van der Waals surface area contributed by atoms with Crippen LogP contribution in [0.1, 0.15) is 82.9 Å². The highest BCUT2D eigenvalue weighted by atomic mass is 32.1. The minimum absolute atomic E-state index is 0.0315. The molecule has 9 nitrogen and oxygen atoms in total. The number of aromatic nitrogens is 1. The van der Waals surface area contributed by atoms with Crippen molar-refractivity contribution in [1.82, 2.24) is 9.88 Å². The fourth-order valence-electron chi connectivity index (χ4n) is 3.38. The Morgan fingerprint density at radius 2 is 1.88 bits per heavy atom. The van der Waals surface area contributed by atoms with Gasteiger partial charge in [-0.25, -0.2) is 14.6 Å². The second-order valence-electron chi connectivity index (χ2n) is 9.74. The van der Waals surface area contributed by atoms with Gasteiger partial charge in [-0.3, -0.25) is 4.79 Å². The van der Waals surface area contributed by atoms with E-state index in [-0.39, 0.29) is 35.9 Å². The molecule has 0 fully saturated rings. The van der Waals surface area contributed by atoms with Gasteiger partial charge in [-0.15, -0.1) is 11.3 Å². The number of ether oxygens (including phenoxy) is 2. The minimum Gasteiger partial charge on any atom is -0.464 e. The molecule has 2 amide bonds. The van der Waals surface area contributed by atoms with Gasteiger partial charge in [0.15, 0.2) is 5.69 Å². The fourth-order valence-corrected chi connectivity index (χ4v) is 4.17. The molecular formula is C24H39N3O6S. The third-order valence-electron chi connectivity index (χ3n) is 5.56. The Kier molecular flexibility index (Phi) is 11.3. The van der Waals surface area contributed by atoms with Crippen LogP contribution in [0.3, 0.4) is 0 Å². The molecule has 0 saturated carbocycles. The van der Waals surface area contributed by atoms with E-state index >= 15 is 0 Å². The molecule has 0 aliphatic carbocycles. The third-order valence-corrected chi connectivity index (χ3v) is 6.50. The van der Waals surface area contributed by atoms with Gasteiger partial charge in [-0.1, -0.05) is 34.1 Å². The highest BCUT2D eigenvalue weighted by molar-refractivity contribution is 7.09. The summed E-state index contributed by atoms with van der Waals surface area (Å²) in [5.74, 6) is -1.40. The van der Waals surface area contributed by atoms with Gasteiger partial charge in [0.1, 0.15) is 16.7 Å². The molecule has 34 heavy (non-hydrogen) atoms. The average molecular weight is 498 g/mol. The largest absolute Gasteiger partial charge is 0.464 e. The lowest BCUT2D eigenvalue weighted by molar-refractivity contribution is -0.136.